The van der Waals surface area contributed by atoms with E-state index >= 15 is 0 Å². The molecule has 1 aromatic carbocycles. The van der Waals surface area contributed by atoms with Crippen molar-refractivity contribution in [2.75, 3.05) is 13.6 Å². The van der Waals surface area contributed by atoms with Crippen LogP contribution in [0, 0.1) is 10.8 Å². The smallest absolute Gasteiger partial charge is 0.316 e. The van der Waals surface area contributed by atoms with E-state index in [1.807, 2.05) is 0 Å². The summed E-state index contributed by atoms with van der Waals surface area (Å²) in [4.78, 5) is 36.4. The molecule has 0 aliphatic rings. The highest BCUT2D eigenvalue weighted by molar-refractivity contribution is 5.98. The quantitative estimate of drug-likeness (QED) is 0.500. The van der Waals surface area contributed by atoms with Gasteiger partial charge in [-0.05, 0) is 66.8 Å². The first kappa shape index (κ1) is 20.8. The molecule has 1 rings (SSSR count). The summed E-state index contributed by atoms with van der Waals surface area (Å²) in [6.45, 7) is 10.5. The van der Waals surface area contributed by atoms with Gasteiger partial charge in [0, 0.05) is 5.56 Å². The zero-order chi connectivity index (χ0) is 19.4. The largest absolute Gasteiger partial charge is 0.422 e. The molecule has 138 valence electrons. The van der Waals surface area contributed by atoms with Crippen LogP contribution in [-0.2, 0) is 9.59 Å². The van der Waals surface area contributed by atoms with Crippen LogP contribution in [0.5, 0.6) is 11.5 Å². The average Bonchev–Trinajstić information content (AvgIpc) is 2.47. The first-order valence-corrected chi connectivity index (χ1v) is 8.12. The van der Waals surface area contributed by atoms with Crippen LogP contribution in [-0.4, -0.2) is 31.3 Å². The lowest BCUT2D eigenvalue weighted by Gasteiger charge is -2.20. The molecule has 0 amide bonds. The lowest BCUT2D eigenvalue weighted by molar-refractivity contribution is -0.145. The highest BCUT2D eigenvalue weighted by Crippen LogP contribution is 2.32. The van der Waals surface area contributed by atoms with Crippen molar-refractivity contribution in [3.63, 3.8) is 0 Å². The Balaban J connectivity index is 3.24. The van der Waals surface area contributed by atoms with Gasteiger partial charge in [0.15, 0.2) is 17.3 Å². The number of carbonyl (C=O) groups excluding carboxylic acids is 3. The summed E-state index contributed by atoms with van der Waals surface area (Å²) in [5, 5.41) is 2.77. The topological polar surface area (TPSA) is 81.7 Å². The third kappa shape index (κ3) is 5.98. The van der Waals surface area contributed by atoms with E-state index in [0.29, 0.717) is 5.56 Å². The zero-order valence-corrected chi connectivity index (χ0v) is 16.0. The first-order valence-electron chi connectivity index (χ1n) is 8.12. The van der Waals surface area contributed by atoms with Gasteiger partial charge in [-0.25, -0.2) is 0 Å². The number of rotatable bonds is 5. The van der Waals surface area contributed by atoms with Crippen molar-refractivity contribution in [1.82, 2.24) is 5.32 Å². The van der Waals surface area contributed by atoms with Crippen LogP contribution in [0.3, 0.4) is 0 Å². The summed E-state index contributed by atoms with van der Waals surface area (Å²) >= 11 is 0. The van der Waals surface area contributed by atoms with Crippen molar-refractivity contribution in [3.05, 3.63) is 23.8 Å². The molecule has 0 atom stereocenters. The molecule has 0 saturated heterocycles. The summed E-state index contributed by atoms with van der Waals surface area (Å²) in [5.74, 6) is -0.948. The van der Waals surface area contributed by atoms with E-state index in [1.165, 1.54) is 12.1 Å². The summed E-state index contributed by atoms with van der Waals surface area (Å²) in [5.41, 5.74) is -1.09. The van der Waals surface area contributed by atoms with E-state index in [9.17, 15) is 14.4 Å². The summed E-state index contributed by atoms with van der Waals surface area (Å²) < 4.78 is 10.8. The number of benzene rings is 1. The molecule has 0 aliphatic heterocycles. The second kappa shape index (κ2) is 7.78. The van der Waals surface area contributed by atoms with Crippen molar-refractivity contribution in [1.29, 1.82) is 0 Å². The Morgan fingerprint density at radius 2 is 1.36 bits per heavy atom. The Morgan fingerprint density at radius 3 is 1.80 bits per heavy atom. The molecule has 0 saturated carbocycles. The van der Waals surface area contributed by atoms with E-state index in [4.69, 9.17) is 9.47 Å². The third-order valence-corrected chi connectivity index (χ3v) is 3.23. The van der Waals surface area contributed by atoms with Gasteiger partial charge in [-0.1, -0.05) is 0 Å². The fourth-order valence-electron chi connectivity index (χ4n) is 1.61. The van der Waals surface area contributed by atoms with Crippen LogP contribution < -0.4 is 14.8 Å². The van der Waals surface area contributed by atoms with Gasteiger partial charge in [-0.2, -0.15) is 0 Å². The number of nitrogens with one attached hydrogen (secondary N) is 1. The standard InChI is InChI=1S/C19H27NO5/c1-18(2,3)16(22)24-14-9-8-12(13(21)11-20-7)10-15(14)25-17(23)19(4,5)6/h8-10,20H,11H2,1-7H3. The molecular formula is C19H27NO5. The van der Waals surface area contributed by atoms with Crippen LogP contribution in [0.15, 0.2) is 18.2 Å². The monoisotopic (exact) mass is 349 g/mol. The predicted molar refractivity (Wildman–Crippen MR) is 94.9 cm³/mol. The Bertz CT molecular complexity index is 665. The molecular weight excluding hydrogens is 322 g/mol. The number of ether oxygens (including phenoxy) is 2. The third-order valence-electron chi connectivity index (χ3n) is 3.23. The number of hydrogen-bond acceptors (Lipinski definition) is 6. The summed E-state index contributed by atoms with van der Waals surface area (Å²) in [6.07, 6.45) is 0. The fourth-order valence-corrected chi connectivity index (χ4v) is 1.61. The average molecular weight is 349 g/mol. The molecule has 25 heavy (non-hydrogen) atoms. The second-order valence-corrected chi connectivity index (χ2v) is 7.89. The highest BCUT2D eigenvalue weighted by atomic mass is 16.6. The van der Waals surface area contributed by atoms with Crippen molar-refractivity contribution >= 4 is 17.7 Å². The molecule has 0 spiro atoms. The first-order chi connectivity index (χ1) is 11.4. The van der Waals surface area contributed by atoms with Crippen LogP contribution >= 0.6 is 0 Å². The number of hydrogen-bond donors (Lipinski definition) is 1. The number of carbonyl (C=O) groups is 3. The molecule has 0 unspecified atom stereocenters. The molecule has 0 aliphatic carbocycles. The van der Waals surface area contributed by atoms with Gasteiger partial charge in [0.2, 0.25) is 0 Å². The van der Waals surface area contributed by atoms with Crippen LogP contribution in [0.1, 0.15) is 51.9 Å². The minimum absolute atomic E-state index is 0.0551. The van der Waals surface area contributed by atoms with Gasteiger partial charge in [0.1, 0.15) is 0 Å². The van der Waals surface area contributed by atoms with E-state index < -0.39 is 22.8 Å². The number of ketones is 1. The molecule has 0 heterocycles. The van der Waals surface area contributed by atoms with Crippen molar-refractivity contribution in [3.8, 4) is 11.5 Å². The highest BCUT2D eigenvalue weighted by Gasteiger charge is 2.28. The van der Waals surface area contributed by atoms with Gasteiger partial charge < -0.3 is 14.8 Å². The maximum atomic E-state index is 12.2. The molecule has 6 heteroatoms. The van der Waals surface area contributed by atoms with Crippen LogP contribution in [0.25, 0.3) is 0 Å². The SMILES string of the molecule is CNCC(=O)c1ccc(OC(=O)C(C)(C)C)c(OC(=O)C(C)(C)C)c1. The van der Waals surface area contributed by atoms with Gasteiger partial charge in [-0.3, -0.25) is 14.4 Å². The second-order valence-electron chi connectivity index (χ2n) is 7.89. The van der Waals surface area contributed by atoms with E-state index in [0.717, 1.165) is 0 Å². The van der Waals surface area contributed by atoms with Crippen LogP contribution in [0.4, 0.5) is 0 Å². The summed E-state index contributed by atoms with van der Waals surface area (Å²) in [7, 11) is 1.66. The van der Waals surface area contributed by atoms with Crippen molar-refractivity contribution < 1.29 is 23.9 Å². The van der Waals surface area contributed by atoms with Gasteiger partial charge in [-0.15, -0.1) is 0 Å². The van der Waals surface area contributed by atoms with Gasteiger partial charge in [0.25, 0.3) is 0 Å². The maximum Gasteiger partial charge on any atom is 0.316 e. The molecule has 1 aromatic rings. The number of Topliss-reactive ketones (excluding diaryl/α,β-unsaturated/α-hetero) is 1. The Hall–Kier alpha value is -2.21. The Labute approximate surface area is 148 Å². The maximum absolute atomic E-state index is 12.2. The van der Waals surface area contributed by atoms with E-state index in [-0.39, 0.29) is 23.8 Å². The van der Waals surface area contributed by atoms with Crippen molar-refractivity contribution in [2.45, 2.75) is 41.5 Å². The lowest BCUT2D eigenvalue weighted by Crippen LogP contribution is -2.28. The van der Waals surface area contributed by atoms with Crippen molar-refractivity contribution in [2.24, 2.45) is 10.8 Å². The number of likely N-dealkylation sites (N-methyl/N-ethyl adjacent to an activating group) is 1. The molecule has 0 radical (unpaired) electrons. The lowest BCUT2D eigenvalue weighted by atomic mass is 9.97. The molecule has 0 aromatic heterocycles. The molecule has 6 nitrogen and oxygen atoms in total. The van der Waals surface area contributed by atoms with E-state index in [1.54, 1.807) is 54.7 Å². The fraction of sp³-hybridized carbons (Fsp3) is 0.526. The predicted octanol–water partition coefficient (Wildman–Crippen LogP) is 2.99. The van der Waals surface area contributed by atoms with E-state index in [2.05, 4.69) is 5.32 Å². The minimum Gasteiger partial charge on any atom is -0.422 e. The Morgan fingerprint density at radius 1 is 0.880 bits per heavy atom. The zero-order valence-electron chi connectivity index (χ0n) is 16.0. The van der Waals surface area contributed by atoms with Crippen LogP contribution in [0.2, 0.25) is 0 Å². The summed E-state index contributed by atoms with van der Waals surface area (Å²) in [6, 6.07) is 4.44. The minimum atomic E-state index is -0.740. The number of esters is 2. The normalized spacial score (nSPS) is 11.8. The molecule has 0 bridgehead atoms. The molecule has 0 fully saturated rings. The van der Waals surface area contributed by atoms with Gasteiger partial charge >= 0.3 is 11.9 Å². The molecule has 1 N–H and O–H groups in total. The van der Waals surface area contributed by atoms with Gasteiger partial charge in [0.05, 0.1) is 17.4 Å². The Kier molecular flexibility index (Phi) is 6.48.